The zero-order valence-electron chi connectivity index (χ0n) is 21.9. The van der Waals surface area contributed by atoms with E-state index in [4.69, 9.17) is 0 Å². The first kappa shape index (κ1) is 22.6. The molecule has 40 heavy (non-hydrogen) atoms. The number of aromatic nitrogens is 1. The number of anilines is 3. The molecule has 0 bridgehead atoms. The lowest BCUT2D eigenvalue weighted by molar-refractivity contribution is 1.19. The number of para-hydroxylation sites is 3. The van der Waals surface area contributed by atoms with Crippen molar-refractivity contribution in [1.82, 2.24) is 4.57 Å². The summed E-state index contributed by atoms with van der Waals surface area (Å²) in [6.45, 7) is 0. The van der Waals surface area contributed by atoms with E-state index in [9.17, 15) is 0 Å². The number of nitrogens with zero attached hydrogens (tertiary/aromatic N) is 2. The van der Waals surface area contributed by atoms with Crippen molar-refractivity contribution in [1.29, 1.82) is 0 Å². The summed E-state index contributed by atoms with van der Waals surface area (Å²) in [7, 11) is 0. The first-order valence-corrected chi connectivity index (χ1v) is 13.7. The lowest BCUT2D eigenvalue weighted by atomic mass is 10.0. The van der Waals surface area contributed by atoms with Gasteiger partial charge >= 0.3 is 0 Å². The van der Waals surface area contributed by atoms with E-state index >= 15 is 0 Å². The van der Waals surface area contributed by atoms with E-state index in [1.54, 1.807) is 0 Å². The van der Waals surface area contributed by atoms with E-state index in [0.717, 1.165) is 17.1 Å². The van der Waals surface area contributed by atoms with Crippen LogP contribution in [0.1, 0.15) is 0 Å². The van der Waals surface area contributed by atoms with Gasteiger partial charge in [0.2, 0.25) is 0 Å². The molecule has 2 nitrogen and oxygen atoms in total. The standard InChI is InChI=1S/C38H26N2/c1-3-14-29(15-4-1)39(30-16-5-2-6-17-30)36-21-11-19-34-33(36)24-25-35-32-18-9-10-20-37(32)40(38(34)35)31-23-22-27-12-7-8-13-28(27)26-31/h1-26H. The van der Waals surface area contributed by atoms with Gasteiger partial charge in [0.25, 0.3) is 0 Å². The smallest absolute Gasteiger partial charge is 0.0620 e. The second-order valence-electron chi connectivity index (χ2n) is 10.2. The van der Waals surface area contributed by atoms with Crippen LogP contribution in [0.5, 0.6) is 0 Å². The molecule has 0 saturated carbocycles. The number of hydrogen-bond acceptors (Lipinski definition) is 1. The quantitative estimate of drug-likeness (QED) is 0.229. The molecule has 0 radical (unpaired) electrons. The Labute approximate surface area is 233 Å². The van der Waals surface area contributed by atoms with Gasteiger partial charge in [-0.3, -0.25) is 0 Å². The lowest BCUT2D eigenvalue weighted by Gasteiger charge is -2.27. The molecule has 0 aliphatic heterocycles. The summed E-state index contributed by atoms with van der Waals surface area (Å²) in [4.78, 5) is 2.36. The summed E-state index contributed by atoms with van der Waals surface area (Å²) in [5, 5.41) is 7.47. The van der Waals surface area contributed by atoms with Crippen LogP contribution in [0.4, 0.5) is 17.1 Å². The summed E-state index contributed by atoms with van der Waals surface area (Å²) >= 11 is 0. The summed E-state index contributed by atoms with van der Waals surface area (Å²) < 4.78 is 2.44. The van der Waals surface area contributed by atoms with Crippen molar-refractivity contribution in [3.05, 3.63) is 158 Å². The van der Waals surface area contributed by atoms with Gasteiger partial charge < -0.3 is 9.47 Å². The molecule has 7 aromatic carbocycles. The largest absolute Gasteiger partial charge is 0.310 e. The minimum Gasteiger partial charge on any atom is -0.310 e. The second-order valence-corrected chi connectivity index (χ2v) is 10.2. The third-order valence-electron chi connectivity index (χ3n) is 7.93. The zero-order valence-corrected chi connectivity index (χ0v) is 21.9. The molecule has 0 N–H and O–H groups in total. The Morgan fingerprint density at radius 2 is 1.00 bits per heavy atom. The van der Waals surface area contributed by atoms with Crippen molar-refractivity contribution in [3.8, 4) is 5.69 Å². The number of benzene rings is 7. The Morgan fingerprint density at radius 1 is 0.400 bits per heavy atom. The molecule has 0 spiro atoms. The van der Waals surface area contributed by atoms with E-state index in [1.165, 1.54) is 49.0 Å². The Hall–Kier alpha value is -5.34. The molecule has 0 aliphatic rings. The average molecular weight is 511 g/mol. The topological polar surface area (TPSA) is 8.17 Å². The maximum atomic E-state index is 2.44. The molecule has 188 valence electrons. The van der Waals surface area contributed by atoms with Crippen LogP contribution in [0.3, 0.4) is 0 Å². The Balaban J connectivity index is 1.47. The molecule has 1 aromatic heterocycles. The van der Waals surface area contributed by atoms with E-state index < -0.39 is 0 Å². The Bertz CT molecular complexity index is 2120. The molecular weight excluding hydrogens is 484 g/mol. The van der Waals surface area contributed by atoms with Crippen LogP contribution in [0, 0.1) is 0 Å². The minimum absolute atomic E-state index is 1.14. The number of rotatable bonds is 4. The van der Waals surface area contributed by atoms with Gasteiger partial charge in [0.05, 0.1) is 16.7 Å². The molecule has 8 rings (SSSR count). The molecule has 0 unspecified atom stereocenters. The Morgan fingerprint density at radius 3 is 1.77 bits per heavy atom. The van der Waals surface area contributed by atoms with Crippen molar-refractivity contribution in [2.24, 2.45) is 0 Å². The van der Waals surface area contributed by atoms with Crippen molar-refractivity contribution in [2.75, 3.05) is 4.90 Å². The fraction of sp³-hybridized carbons (Fsp3) is 0. The van der Waals surface area contributed by atoms with Gasteiger partial charge in [-0.15, -0.1) is 0 Å². The molecule has 0 aliphatic carbocycles. The molecule has 8 aromatic rings. The van der Waals surface area contributed by atoms with Crippen molar-refractivity contribution < 1.29 is 0 Å². The summed E-state index contributed by atoms with van der Waals surface area (Å²) in [6, 6.07) is 56.7. The summed E-state index contributed by atoms with van der Waals surface area (Å²) in [5.74, 6) is 0. The zero-order chi connectivity index (χ0) is 26.5. The van der Waals surface area contributed by atoms with E-state index in [2.05, 4.69) is 167 Å². The first-order valence-electron chi connectivity index (χ1n) is 13.7. The highest BCUT2D eigenvalue weighted by atomic mass is 15.1. The third kappa shape index (κ3) is 3.50. The second kappa shape index (κ2) is 9.14. The molecule has 1 heterocycles. The SMILES string of the molecule is c1ccc(N(c2ccccc2)c2cccc3c2ccc2c4ccccc4n(-c4ccc5ccccc5c4)c32)cc1. The first-order chi connectivity index (χ1) is 19.9. The van der Waals surface area contributed by atoms with Crippen LogP contribution in [0.2, 0.25) is 0 Å². The number of hydrogen-bond donors (Lipinski definition) is 0. The fourth-order valence-corrected chi connectivity index (χ4v) is 6.16. The highest BCUT2D eigenvalue weighted by Crippen LogP contribution is 2.43. The van der Waals surface area contributed by atoms with Gasteiger partial charge in [-0.1, -0.05) is 109 Å². The van der Waals surface area contributed by atoms with Gasteiger partial charge in [-0.05, 0) is 59.3 Å². The number of fused-ring (bicyclic) bond motifs is 6. The van der Waals surface area contributed by atoms with Gasteiger partial charge in [0.15, 0.2) is 0 Å². The average Bonchev–Trinajstić information content (AvgIpc) is 3.37. The monoisotopic (exact) mass is 510 g/mol. The highest BCUT2D eigenvalue weighted by Gasteiger charge is 2.19. The molecule has 0 saturated heterocycles. The van der Waals surface area contributed by atoms with Crippen LogP contribution in [-0.2, 0) is 0 Å². The van der Waals surface area contributed by atoms with Crippen molar-refractivity contribution in [3.63, 3.8) is 0 Å². The van der Waals surface area contributed by atoms with Crippen molar-refractivity contribution >= 4 is 60.4 Å². The van der Waals surface area contributed by atoms with Crippen molar-refractivity contribution in [2.45, 2.75) is 0 Å². The fourth-order valence-electron chi connectivity index (χ4n) is 6.16. The third-order valence-corrected chi connectivity index (χ3v) is 7.93. The van der Waals surface area contributed by atoms with Crippen LogP contribution in [0.25, 0.3) is 49.0 Å². The van der Waals surface area contributed by atoms with Crippen LogP contribution in [0.15, 0.2) is 158 Å². The summed E-state index contributed by atoms with van der Waals surface area (Å²) in [5.41, 5.74) is 7.05. The summed E-state index contributed by atoms with van der Waals surface area (Å²) in [6.07, 6.45) is 0. The molecule has 0 fully saturated rings. The van der Waals surface area contributed by atoms with Gasteiger partial charge in [0, 0.05) is 38.6 Å². The van der Waals surface area contributed by atoms with E-state index in [-0.39, 0.29) is 0 Å². The van der Waals surface area contributed by atoms with Gasteiger partial charge in [0.1, 0.15) is 0 Å². The lowest BCUT2D eigenvalue weighted by Crippen LogP contribution is -2.10. The predicted molar refractivity (Wildman–Crippen MR) is 170 cm³/mol. The normalized spacial score (nSPS) is 11.5. The molecular formula is C38H26N2. The van der Waals surface area contributed by atoms with Gasteiger partial charge in [-0.25, -0.2) is 0 Å². The maximum absolute atomic E-state index is 2.44. The Kier molecular flexibility index (Phi) is 5.17. The molecule has 0 atom stereocenters. The van der Waals surface area contributed by atoms with E-state index in [0.29, 0.717) is 0 Å². The van der Waals surface area contributed by atoms with Crippen LogP contribution >= 0.6 is 0 Å². The maximum Gasteiger partial charge on any atom is 0.0620 e. The highest BCUT2D eigenvalue weighted by molar-refractivity contribution is 6.20. The van der Waals surface area contributed by atoms with Crippen LogP contribution < -0.4 is 4.90 Å². The van der Waals surface area contributed by atoms with Gasteiger partial charge in [-0.2, -0.15) is 0 Å². The predicted octanol–water partition coefficient (Wildman–Crippen LogP) is 10.6. The minimum atomic E-state index is 1.14. The molecule has 0 amide bonds. The van der Waals surface area contributed by atoms with Crippen LogP contribution in [-0.4, -0.2) is 4.57 Å². The van der Waals surface area contributed by atoms with E-state index in [1.807, 2.05) is 0 Å². The molecule has 2 heteroatoms.